The predicted molar refractivity (Wildman–Crippen MR) is 97.5 cm³/mol. The van der Waals surface area contributed by atoms with E-state index in [0.717, 1.165) is 25.2 Å². The van der Waals surface area contributed by atoms with Crippen molar-refractivity contribution in [3.8, 4) is 11.1 Å². The summed E-state index contributed by atoms with van der Waals surface area (Å²) in [6, 6.07) is 4.10. The van der Waals surface area contributed by atoms with Crippen molar-refractivity contribution >= 4 is 54.4 Å². The molecule has 1 aromatic carbocycles. The van der Waals surface area contributed by atoms with Crippen LogP contribution < -0.4 is 5.56 Å². The van der Waals surface area contributed by atoms with Gasteiger partial charge in [0.05, 0.1) is 10.6 Å². The van der Waals surface area contributed by atoms with Crippen LogP contribution in [-0.2, 0) is 13.2 Å². The van der Waals surface area contributed by atoms with Crippen molar-refractivity contribution in [1.82, 2.24) is 4.57 Å². The zero-order valence-corrected chi connectivity index (χ0v) is 16.7. The van der Waals surface area contributed by atoms with Crippen molar-refractivity contribution in [2.45, 2.75) is 9.91 Å². The van der Waals surface area contributed by atoms with Gasteiger partial charge in [0, 0.05) is 18.0 Å². The highest BCUT2D eigenvalue weighted by atomic mass is 79.9. The summed E-state index contributed by atoms with van der Waals surface area (Å²) >= 11 is 12.5. The predicted octanol–water partition coefficient (Wildman–Crippen LogP) is 6.40. The molecule has 0 atom stereocenters. The molecule has 2 heterocycles. The lowest BCUT2D eigenvalue weighted by atomic mass is 10.0. The van der Waals surface area contributed by atoms with E-state index in [1.54, 1.807) is 0 Å². The molecule has 0 spiro atoms. The molecule has 0 N–H and O–H groups in total. The molecular formula is C16H8Br2ClF4NO2. The maximum Gasteiger partial charge on any atom is 0.431 e. The van der Waals surface area contributed by atoms with E-state index >= 15 is 0 Å². The minimum absolute atomic E-state index is 0.0168. The summed E-state index contributed by atoms with van der Waals surface area (Å²) < 4.78 is 59.1. The number of alkyl halides is 5. The summed E-state index contributed by atoms with van der Waals surface area (Å²) in [7, 11) is 0.980. The van der Waals surface area contributed by atoms with E-state index in [1.807, 2.05) is 0 Å². The number of rotatable bonds is 2. The number of furan rings is 1. The van der Waals surface area contributed by atoms with E-state index in [9.17, 15) is 22.4 Å². The van der Waals surface area contributed by atoms with Crippen LogP contribution in [0.2, 0.25) is 5.02 Å². The quantitative estimate of drug-likeness (QED) is 0.291. The zero-order chi connectivity index (χ0) is 19.4. The van der Waals surface area contributed by atoms with Crippen LogP contribution >= 0.6 is 43.5 Å². The van der Waals surface area contributed by atoms with Crippen LogP contribution in [0.1, 0.15) is 15.2 Å². The van der Waals surface area contributed by atoms with Gasteiger partial charge in [-0.1, -0.05) is 43.5 Å². The average molecular weight is 517 g/mol. The van der Waals surface area contributed by atoms with Crippen LogP contribution in [-0.4, -0.2) is 4.57 Å². The fraction of sp³-hybridized carbons (Fsp3) is 0.188. The Bertz CT molecular complexity index is 1070. The van der Waals surface area contributed by atoms with E-state index in [0.29, 0.717) is 10.3 Å². The molecule has 0 saturated heterocycles. The van der Waals surface area contributed by atoms with Gasteiger partial charge in [-0.25, -0.2) is 4.39 Å². The lowest BCUT2D eigenvalue weighted by molar-refractivity contribution is -0.143. The molecule has 0 aliphatic rings. The number of aromatic nitrogens is 1. The Balaban J connectivity index is 2.36. The average Bonchev–Trinajstić information content (AvgIpc) is 2.96. The Morgan fingerprint density at radius 2 is 1.88 bits per heavy atom. The molecule has 10 heteroatoms. The standard InChI is InChI=1S/C16H8Br2ClF4NO2/c1-24-11(16(21,22)23)3-2-6(15(24)25)12-7-4-10(14(17)18)26-13(7)8(19)5-9(12)20/h2-5,14H,1H3. The molecular weight excluding hydrogens is 509 g/mol. The fourth-order valence-corrected chi connectivity index (χ4v) is 3.33. The number of hydrogen-bond donors (Lipinski definition) is 0. The smallest absolute Gasteiger partial charge is 0.431 e. The second-order valence-electron chi connectivity index (χ2n) is 5.40. The van der Waals surface area contributed by atoms with Gasteiger partial charge in [-0.15, -0.1) is 0 Å². The Labute approximate surface area is 165 Å². The highest BCUT2D eigenvalue weighted by Gasteiger charge is 2.34. The van der Waals surface area contributed by atoms with E-state index in [2.05, 4.69) is 31.9 Å². The van der Waals surface area contributed by atoms with Gasteiger partial charge in [-0.3, -0.25) is 4.79 Å². The van der Waals surface area contributed by atoms with Gasteiger partial charge in [0.15, 0.2) is 5.58 Å². The fourth-order valence-electron chi connectivity index (χ4n) is 2.64. The van der Waals surface area contributed by atoms with Gasteiger partial charge >= 0.3 is 6.18 Å². The van der Waals surface area contributed by atoms with Crippen LogP contribution in [0.5, 0.6) is 0 Å². The van der Waals surface area contributed by atoms with Crippen LogP contribution in [0.3, 0.4) is 0 Å². The van der Waals surface area contributed by atoms with E-state index in [1.165, 1.54) is 6.07 Å². The molecule has 0 unspecified atom stereocenters. The van der Waals surface area contributed by atoms with Gasteiger partial charge in [0.25, 0.3) is 5.56 Å². The van der Waals surface area contributed by atoms with Crippen molar-refractivity contribution in [1.29, 1.82) is 0 Å². The molecule has 3 nitrogen and oxygen atoms in total. The number of halogens is 7. The summed E-state index contributed by atoms with van der Waals surface area (Å²) in [6.45, 7) is 0. The first-order valence-corrected chi connectivity index (χ1v) is 9.20. The second kappa shape index (κ2) is 6.69. The minimum atomic E-state index is -4.71. The van der Waals surface area contributed by atoms with Crippen molar-refractivity contribution in [3.05, 3.63) is 56.9 Å². The summed E-state index contributed by atoms with van der Waals surface area (Å²) in [6.07, 6.45) is -4.71. The molecule has 3 rings (SSSR count). The molecule has 2 aromatic heterocycles. The SMILES string of the molecule is Cn1c(C(F)(F)F)ccc(-c2c(F)cc(Cl)c3oc(C(Br)Br)cc23)c1=O. The van der Waals surface area contributed by atoms with Gasteiger partial charge in [0.1, 0.15) is 21.0 Å². The Kier molecular flexibility index (Phi) is 5.00. The summed E-state index contributed by atoms with van der Waals surface area (Å²) in [5, 5.41) is 0.169. The van der Waals surface area contributed by atoms with Crippen LogP contribution in [0.4, 0.5) is 17.6 Å². The van der Waals surface area contributed by atoms with Gasteiger partial charge < -0.3 is 8.98 Å². The second-order valence-corrected chi connectivity index (χ2v) is 8.87. The molecule has 0 amide bonds. The van der Waals surface area contributed by atoms with E-state index in [4.69, 9.17) is 16.0 Å². The number of benzene rings is 1. The molecule has 26 heavy (non-hydrogen) atoms. The zero-order valence-electron chi connectivity index (χ0n) is 12.8. The molecule has 0 radical (unpaired) electrons. The lowest BCUT2D eigenvalue weighted by Gasteiger charge is -2.13. The summed E-state index contributed by atoms with van der Waals surface area (Å²) in [5.41, 5.74) is -2.39. The number of nitrogens with zero attached hydrogens (tertiary/aromatic N) is 1. The highest BCUT2D eigenvalue weighted by Crippen LogP contribution is 2.41. The maximum atomic E-state index is 14.6. The van der Waals surface area contributed by atoms with Crippen molar-refractivity contribution in [2.75, 3.05) is 0 Å². The molecule has 3 aromatic rings. The molecule has 0 saturated carbocycles. The molecule has 0 fully saturated rings. The van der Waals surface area contributed by atoms with Crippen LogP contribution in [0.25, 0.3) is 22.1 Å². The van der Waals surface area contributed by atoms with E-state index in [-0.39, 0.29) is 27.1 Å². The van der Waals surface area contributed by atoms with Gasteiger partial charge in [-0.2, -0.15) is 13.2 Å². The Morgan fingerprint density at radius 1 is 1.23 bits per heavy atom. The molecule has 0 aliphatic heterocycles. The maximum absolute atomic E-state index is 14.6. The lowest BCUT2D eigenvalue weighted by Crippen LogP contribution is -2.26. The number of fused-ring (bicyclic) bond motifs is 1. The number of pyridine rings is 1. The third-order valence-electron chi connectivity index (χ3n) is 3.81. The number of hydrogen-bond acceptors (Lipinski definition) is 2. The summed E-state index contributed by atoms with van der Waals surface area (Å²) in [4.78, 5) is 12.5. The topological polar surface area (TPSA) is 35.1 Å². The van der Waals surface area contributed by atoms with E-state index < -0.39 is 27.0 Å². The first kappa shape index (κ1) is 19.4. The molecule has 138 valence electrons. The van der Waals surface area contributed by atoms with Gasteiger partial charge in [0.2, 0.25) is 0 Å². The van der Waals surface area contributed by atoms with Crippen LogP contribution in [0, 0.1) is 5.82 Å². The van der Waals surface area contributed by atoms with Crippen molar-refractivity contribution in [2.24, 2.45) is 7.05 Å². The van der Waals surface area contributed by atoms with Gasteiger partial charge in [-0.05, 0) is 24.3 Å². The third-order valence-corrected chi connectivity index (χ3v) is 4.99. The third kappa shape index (κ3) is 3.20. The highest BCUT2D eigenvalue weighted by molar-refractivity contribution is 9.24. The molecule has 0 bridgehead atoms. The first-order valence-electron chi connectivity index (χ1n) is 6.99. The van der Waals surface area contributed by atoms with Crippen molar-refractivity contribution in [3.63, 3.8) is 0 Å². The minimum Gasteiger partial charge on any atom is -0.457 e. The Morgan fingerprint density at radius 3 is 2.46 bits per heavy atom. The molecule has 0 aliphatic carbocycles. The largest absolute Gasteiger partial charge is 0.457 e. The van der Waals surface area contributed by atoms with Crippen LogP contribution in [0.15, 0.2) is 33.5 Å². The monoisotopic (exact) mass is 515 g/mol. The normalized spacial score (nSPS) is 12.3. The van der Waals surface area contributed by atoms with Crippen molar-refractivity contribution < 1.29 is 22.0 Å². The summed E-state index contributed by atoms with van der Waals surface area (Å²) in [5.74, 6) is -0.482. The Hall–Kier alpha value is -1.32. The first-order chi connectivity index (χ1) is 12.0.